The molecule has 0 bridgehead atoms. The van der Waals surface area contributed by atoms with Crippen molar-refractivity contribution in [2.24, 2.45) is 23.2 Å². The molecule has 0 saturated heterocycles. The molecule has 1 fully saturated rings. The van der Waals surface area contributed by atoms with Crippen molar-refractivity contribution in [2.45, 2.75) is 52.9 Å². The molecular weight excluding hydrogens is 300 g/mol. The zero-order valence-corrected chi connectivity index (χ0v) is 15.2. The molecule has 0 spiro atoms. The first-order valence-electron chi connectivity index (χ1n) is 9.08. The molecule has 3 aliphatic carbocycles. The number of fused-ring (bicyclic) bond motifs is 1. The van der Waals surface area contributed by atoms with Gasteiger partial charge in [-0.3, -0.25) is 9.59 Å². The van der Waals surface area contributed by atoms with Gasteiger partial charge in [0.2, 0.25) is 5.78 Å². The van der Waals surface area contributed by atoms with Crippen LogP contribution in [0.25, 0.3) is 0 Å². The predicted molar refractivity (Wildman–Crippen MR) is 94.3 cm³/mol. The number of carbonyl (C=O) groups excluding carboxylic acids is 2. The van der Waals surface area contributed by atoms with Gasteiger partial charge in [-0.05, 0) is 68.3 Å². The quantitative estimate of drug-likeness (QED) is 0.570. The van der Waals surface area contributed by atoms with E-state index in [-0.39, 0.29) is 22.7 Å². The molecular formula is C21H28O3. The van der Waals surface area contributed by atoms with Gasteiger partial charge in [0.1, 0.15) is 0 Å². The second-order valence-electron chi connectivity index (χ2n) is 8.01. The molecule has 0 amide bonds. The van der Waals surface area contributed by atoms with E-state index >= 15 is 0 Å². The third-order valence-corrected chi connectivity index (χ3v) is 6.79. The molecule has 0 unspecified atom stereocenters. The fourth-order valence-corrected chi connectivity index (χ4v) is 5.13. The smallest absolute Gasteiger partial charge is 0.223 e. The van der Waals surface area contributed by atoms with Crippen LogP contribution in [0.3, 0.4) is 0 Å². The van der Waals surface area contributed by atoms with Gasteiger partial charge in [-0.1, -0.05) is 25.5 Å². The zero-order chi connectivity index (χ0) is 17.5. The molecule has 24 heavy (non-hydrogen) atoms. The summed E-state index contributed by atoms with van der Waals surface area (Å²) in [6.45, 7) is 6.90. The average molecular weight is 328 g/mol. The summed E-state index contributed by atoms with van der Waals surface area (Å²) >= 11 is 0. The lowest BCUT2D eigenvalue weighted by Crippen LogP contribution is -2.45. The molecule has 3 heteroatoms. The molecule has 3 rings (SSSR count). The van der Waals surface area contributed by atoms with Gasteiger partial charge in [-0.25, -0.2) is 0 Å². The van der Waals surface area contributed by atoms with E-state index in [1.54, 1.807) is 0 Å². The number of Topliss-reactive ketones (excluding diaryl/α,β-unsaturated/α-hetero) is 1. The van der Waals surface area contributed by atoms with Crippen molar-refractivity contribution in [1.82, 2.24) is 0 Å². The van der Waals surface area contributed by atoms with Crippen molar-refractivity contribution < 1.29 is 14.3 Å². The minimum absolute atomic E-state index is 0.0520. The first-order chi connectivity index (χ1) is 11.4. The highest BCUT2D eigenvalue weighted by Gasteiger charge is 2.48. The molecule has 0 radical (unpaired) electrons. The Morgan fingerprint density at radius 3 is 2.67 bits per heavy atom. The summed E-state index contributed by atoms with van der Waals surface area (Å²) in [5.74, 6) is 1.70. The molecule has 130 valence electrons. The first kappa shape index (κ1) is 17.2. The predicted octanol–water partition coefficient (Wildman–Crippen LogP) is 4.39. The molecule has 3 aliphatic rings. The largest absolute Gasteiger partial charge is 0.493 e. The van der Waals surface area contributed by atoms with Crippen LogP contribution in [0.2, 0.25) is 0 Å². The number of hydrogen-bond donors (Lipinski definition) is 0. The lowest BCUT2D eigenvalue weighted by atomic mass is 9.52. The summed E-state index contributed by atoms with van der Waals surface area (Å²) in [4.78, 5) is 24.6. The van der Waals surface area contributed by atoms with E-state index in [0.29, 0.717) is 29.7 Å². The summed E-state index contributed by atoms with van der Waals surface area (Å²) in [5.41, 5.74) is 2.19. The Labute approximate surface area is 144 Å². The van der Waals surface area contributed by atoms with Crippen molar-refractivity contribution in [3.8, 4) is 0 Å². The van der Waals surface area contributed by atoms with Gasteiger partial charge in [0.05, 0.1) is 7.11 Å². The van der Waals surface area contributed by atoms with Gasteiger partial charge in [0.15, 0.2) is 11.5 Å². The summed E-state index contributed by atoms with van der Waals surface area (Å²) in [6.07, 6.45) is 10.6. The molecule has 0 aromatic rings. The molecule has 0 aliphatic heterocycles. The minimum atomic E-state index is -0.134. The molecule has 0 N–H and O–H groups in total. The highest BCUT2D eigenvalue weighted by atomic mass is 16.5. The van der Waals surface area contributed by atoms with Crippen LogP contribution in [0.5, 0.6) is 0 Å². The first-order valence-corrected chi connectivity index (χ1v) is 9.08. The maximum absolute atomic E-state index is 12.6. The van der Waals surface area contributed by atoms with Crippen LogP contribution < -0.4 is 0 Å². The van der Waals surface area contributed by atoms with Gasteiger partial charge >= 0.3 is 0 Å². The topological polar surface area (TPSA) is 43.4 Å². The number of hydrogen-bond acceptors (Lipinski definition) is 3. The van der Waals surface area contributed by atoms with E-state index in [4.69, 9.17) is 4.74 Å². The third kappa shape index (κ3) is 2.78. The van der Waals surface area contributed by atoms with E-state index < -0.39 is 0 Å². The second kappa shape index (κ2) is 6.34. The summed E-state index contributed by atoms with van der Waals surface area (Å²) in [6, 6.07) is 0. The third-order valence-electron chi connectivity index (χ3n) is 6.79. The second-order valence-corrected chi connectivity index (χ2v) is 8.01. The maximum atomic E-state index is 12.6. The standard InChI is InChI=1S/C21H28O3/c1-13-6-5-7-18-17(13)9-8-14(2)21(18,3)12-15-10-16(22)11-19(24-4)20(15)23/h6,10-11,14,17-18H,5,7-9,12H2,1-4H3/t14-,17-,18+,21-/m1/s1. The van der Waals surface area contributed by atoms with E-state index in [1.165, 1.54) is 44.1 Å². The Kier molecular flexibility index (Phi) is 4.54. The number of rotatable bonds is 3. The summed E-state index contributed by atoms with van der Waals surface area (Å²) in [5, 5.41) is 0. The maximum Gasteiger partial charge on any atom is 0.223 e. The Morgan fingerprint density at radius 2 is 1.96 bits per heavy atom. The minimum Gasteiger partial charge on any atom is -0.493 e. The Bertz CT molecular complexity index is 652. The van der Waals surface area contributed by atoms with Crippen molar-refractivity contribution >= 4 is 11.6 Å². The fraction of sp³-hybridized carbons (Fsp3) is 0.619. The number of methoxy groups -OCH3 is 1. The molecule has 3 nitrogen and oxygen atoms in total. The van der Waals surface area contributed by atoms with Crippen LogP contribution in [0.1, 0.15) is 52.9 Å². The lowest BCUT2D eigenvalue weighted by Gasteiger charge is -2.52. The number of allylic oxidation sites excluding steroid dienone is 5. The molecule has 1 saturated carbocycles. The van der Waals surface area contributed by atoms with Crippen molar-refractivity contribution in [3.63, 3.8) is 0 Å². The molecule has 0 aromatic heterocycles. The SMILES string of the molecule is COC1=CC(=O)C=C(C[C@]2(C)[C@H](C)CC[C@@H]3C(C)=CCC[C@@H]32)C1=O. The number of ketones is 2. The van der Waals surface area contributed by atoms with E-state index in [0.717, 1.165) is 6.42 Å². The molecule has 0 aromatic carbocycles. The molecule has 4 atom stereocenters. The van der Waals surface area contributed by atoms with Crippen LogP contribution >= 0.6 is 0 Å². The summed E-state index contributed by atoms with van der Waals surface area (Å²) < 4.78 is 5.12. The van der Waals surface area contributed by atoms with E-state index in [9.17, 15) is 9.59 Å². The Balaban J connectivity index is 1.90. The monoisotopic (exact) mass is 328 g/mol. The van der Waals surface area contributed by atoms with Crippen molar-refractivity contribution in [3.05, 3.63) is 35.1 Å². The van der Waals surface area contributed by atoms with Crippen molar-refractivity contribution in [1.29, 1.82) is 0 Å². The number of carbonyl (C=O) groups is 2. The fourth-order valence-electron chi connectivity index (χ4n) is 5.13. The van der Waals surface area contributed by atoms with Gasteiger partial charge in [0, 0.05) is 11.6 Å². The summed E-state index contributed by atoms with van der Waals surface area (Å²) in [7, 11) is 1.45. The average Bonchev–Trinajstić information content (AvgIpc) is 2.55. The van der Waals surface area contributed by atoms with Crippen LogP contribution in [-0.2, 0) is 14.3 Å². The van der Waals surface area contributed by atoms with Crippen LogP contribution in [0.15, 0.2) is 35.1 Å². The highest BCUT2D eigenvalue weighted by Crippen LogP contribution is 2.56. The number of ether oxygens (including phenoxy) is 1. The van der Waals surface area contributed by atoms with Gasteiger partial charge in [-0.2, -0.15) is 0 Å². The lowest BCUT2D eigenvalue weighted by molar-refractivity contribution is -0.118. The van der Waals surface area contributed by atoms with Crippen molar-refractivity contribution in [2.75, 3.05) is 7.11 Å². The molecule has 0 heterocycles. The van der Waals surface area contributed by atoms with Gasteiger partial charge in [-0.15, -0.1) is 0 Å². The van der Waals surface area contributed by atoms with E-state index in [2.05, 4.69) is 26.8 Å². The Morgan fingerprint density at radius 1 is 1.21 bits per heavy atom. The highest BCUT2D eigenvalue weighted by molar-refractivity contribution is 6.19. The van der Waals surface area contributed by atoms with Crippen LogP contribution in [0, 0.1) is 23.2 Å². The van der Waals surface area contributed by atoms with Crippen LogP contribution in [-0.4, -0.2) is 18.7 Å². The van der Waals surface area contributed by atoms with Gasteiger partial charge in [0.25, 0.3) is 0 Å². The Hall–Kier alpha value is -1.64. The van der Waals surface area contributed by atoms with E-state index in [1.807, 2.05) is 0 Å². The normalized spacial score (nSPS) is 36.5. The van der Waals surface area contributed by atoms with Crippen LogP contribution in [0.4, 0.5) is 0 Å². The zero-order valence-electron chi connectivity index (χ0n) is 15.2. The van der Waals surface area contributed by atoms with Gasteiger partial charge < -0.3 is 4.74 Å².